The Morgan fingerprint density at radius 3 is 2.50 bits per heavy atom. The van der Waals surface area contributed by atoms with Gasteiger partial charge >= 0.3 is 0 Å². The summed E-state index contributed by atoms with van der Waals surface area (Å²) < 4.78 is 5.43. The first-order chi connectivity index (χ1) is 6.90. The maximum Gasteiger partial charge on any atom is 0.0468 e. The molecule has 0 aromatic carbocycles. The summed E-state index contributed by atoms with van der Waals surface area (Å²) in [6.45, 7) is 2.01. The van der Waals surface area contributed by atoms with Crippen LogP contribution in [0.4, 0.5) is 0 Å². The van der Waals surface area contributed by atoms with Gasteiger partial charge in [-0.05, 0) is 44.6 Å². The fourth-order valence-corrected chi connectivity index (χ4v) is 3.11. The molecule has 0 aromatic heterocycles. The van der Waals surface area contributed by atoms with Crippen LogP contribution in [-0.2, 0) is 4.74 Å². The van der Waals surface area contributed by atoms with E-state index in [1.165, 1.54) is 38.5 Å². The fraction of sp³-hybridized carbons (Fsp3) is 1.00. The van der Waals surface area contributed by atoms with Crippen LogP contribution in [0.25, 0.3) is 0 Å². The molecule has 82 valence electrons. The zero-order valence-electron chi connectivity index (χ0n) is 9.30. The highest BCUT2D eigenvalue weighted by atomic mass is 16.5. The van der Waals surface area contributed by atoms with E-state index in [0.717, 1.165) is 31.1 Å². The molecule has 0 radical (unpaired) electrons. The first-order valence-corrected chi connectivity index (χ1v) is 6.15. The summed E-state index contributed by atoms with van der Waals surface area (Å²) >= 11 is 0. The molecule has 1 aliphatic carbocycles. The van der Waals surface area contributed by atoms with Crippen molar-refractivity contribution in [1.29, 1.82) is 0 Å². The Bertz CT molecular complexity index is 166. The molecule has 0 bridgehead atoms. The summed E-state index contributed by atoms with van der Waals surface area (Å²) in [6.07, 6.45) is 8.29. The first kappa shape index (κ1) is 10.4. The normalized spacial score (nSPS) is 35.8. The predicted molar refractivity (Wildman–Crippen MR) is 58.3 cm³/mol. The minimum atomic E-state index is 0.789. The van der Waals surface area contributed by atoms with Crippen molar-refractivity contribution in [3.8, 4) is 0 Å². The first-order valence-electron chi connectivity index (χ1n) is 6.15. The summed E-state index contributed by atoms with van der Waals surface area (Å²) in [6, 6.07) is 0.789. The van der Waals surface area contributed by atoms with E-state index in [2.05, 4.69) is 12.4 Å². The molecule has 1 aliphatic heterocycles. The molecular weight excluding hydrogens is 174 g/mol. The van der Waals surface area contributed by atoms with Crippen molar-refractivity contribution in [2.75, 3.05) is 20.3 Å². The van der Waals surface area contributed by atoms with E-state index >= 15 is 0 Å². The molecule has 1 saturated heterocycles. The van der Waals surface area contributed by atoms with Crippen molar-refractivity contribution in [3.63, 3.8) is 0 Å². The smallest absolute Gasteiger partial charge is 0.0468 e. The van der Waals surface area contributed by atoms with Crippen LogP contribution in [0.5, 0.6) is 0 Å². The lowest BCUT2D eigenvalue weighted by Gasteiger charge is -2.36. The van der Waals surface area contributed by atoms with Crippen molar-refractivity contribution < 1.29 is 4.74 Å². The van der Waals surface area contributed by atoms with E-state index in [4.69, 9.17) is 4.74 Å². The molecule has 2 rings (SSSR count). The zero-order valence-corrected chi connectivity index (χ0v) is 9.30. The molecule has 2 unspecified atom stereocenters. The van der Waals surface area contributed by atoms with Crippen LogP contribution >= 0.6 is 0 Å². The number of hydrogen-bond donors (Lipinski definition) is 1. The maximum absolute atomic E-state index is 5.43. The fourth-order valence-electron chi connectivity index (χ4n) is 3.11. The van der Waals surface area contributed by atoms with Crippen molar-refractivity contribution >= 4 is 0 Å². The lowest BCUT2D eigenvalue weighted by atomic mass is 9.75. The van der Waals surface area contributed by atoms with Gasteiger partial charge in [0.2, 0.25) is 0 Å². The van der Waals surface area contributed by atoms with Gasteiger partial charge < -0.3 is 10.1 Å². The van der Waals surface area contributed by atoms with Crippen LogP contribution in [0.2, 0.25) is 0 Å². The van der Waals surface area contributed by atoms with Crippen molar-refractivity contribution in [2.45, 2.75) is 44.6 Å². The minimum Gasteiger partial charge on any atom is -0.381 e. The van der Waals surface area contributed by atoms with Gasteiger partial charge in [-0.2, -0.15) is 0 Å². The molecule has 2 heteroatoms. The van der Waals surface area contributed by atoms with E-state index in [1.54, 1.807) is 0 Å². The Labute approximate surface area is 87.4 Å². The molecule has 1 N–H and O–H groups in total. The average molecular weight is 197 g/mol. The second kappa shape index (κ2) is 5.13. The van der Waals surface area contributed by atoms with Gasteiger partial charge in [-0.25, -0.2) is 0 Å². The van der Waals surface area contributed by atoms with Gasteiger partial charge in [-0.1, -0.05) is 12.8 Å². The number of rotatable bonds is 2. The van der Waals surface area contributed by atoms with Crippen molar-refractivity contribution in [1.82, 2.24) is 5.32 Å². The SMILES string of the molecule is CNC1CCCC(C2CCOCC2)C1. The highest BCUT2D eigenvalue weighted by Gasteiger charge is 2.28. The van der Waals surface area contributed by atoms with E-state index in [9.17, 15) is 0 Å². The quantitative estimate of drug-likeness (QED) is 0.732. The molecule has 2 nitrogen and oxygen atoms in total. The van der Waals surface area contributed by atoms with Crippen LogP contribution in [0.1, 0.15) is 38.5 Å². The predicted octanol–water partition coefficient (Wildman–Crippen LogP) is 2.19. The second-order valence-corrected chi connectivity index (χ2v) is 4.86. The molecule has 1 saturated carbocycles. The van der Waals surface area contributed by atoms with Crippen molar-refractivity contribution in [3.05, 3.63) is 0 Å². The average Bonchev–Trinajstić information content (AvgIpc) is 2.30. The van der Waals surface area contributed by atoms with Crippen LogP contribution in [0.15, 0.2) is 0 Å². The van der Waals surface area contributed by atoms with Crippen LogP contribution < -0.4 is 5.32 Å². The molecule has 2 aliphatic rings. The molecule has 2 fully saturated rings. The van der Waals surface area contributed by atoms with E-state index in [1.807, 2.05) is 0 Å². The lowest BCUT2D eigenvalue weighted by molar-refractivity contribution is 0.0362. The summed E-state index contributed by atoms with van der Waals surface area (Å²) in [5, 5.41) is 3.44. The van der Waals surface area contributed by atoms with Crippen LogP contribution in [-0.4, -0.2) is 26.3 Å². The second-order valence-electron chi connectivity index (χ2n) is 4.86. The maximum atomic E-state index is 5.43. The molecule has 0 spiro atoms. The van der Waals surface area contributed by atoms with E-state index < -0.39 is 0 Å². The summed E-state index contributed by atoms with van der Waals surface area (Å²) in [7, 11) is 2.11. The molecule has 0 aromatic rings. The largest absolute Gasteiger partial charge is 0.381 e. The molecule has 14 heavy (non-hydrogen) atoms. The van der Waals surface area contributed by atoms with E-state index in [0.29, 0.717) is 0 Å². The molecule has 1 heterocycles. The third kappa shape index (κ3) is 2.48. The lowest BCUT2D eigenvalue weighted by Crippen LogP contribution is -2.35. The summed E-state index contributed by atoms with van der Waals surface area (Å²) in [4.78, 5) is 0. The Hall–Kier alpha value is -0.0800. The number of nitrogens with one attached hydrogen (secondary N) is 1. The monoisotopic (exact) mass is 197 g/mol. The topological polar surface area (TPSA) is 21.3 Å². The highest BCUT2D eigenvalue weighted by molar-refractivity contribution is 4.82. The third-order valence-corrected chi connectivity index (χ3v) is 4.06. The Morgan fingerprint density at radius 1 is 1.00 bits per heavy atom. The van der Waals surface area contributed by atoms with Crippen LogP contribution in [0.3, 0.4) is 0 Å². The summed E-state index contributed by atoms with van der Waals surface area (Å²) in [5.41, 5.74) is 0. The number of hydrogen-bond acceptors (Lipinski definition) is 2. The Kier molecular flexibility index (Phi) is 3.82. The van der Waals surface area contributed by atoms with Crippen molar-refractivity contribution in [2.24, 2.45) is 11.8 Å². The molecular formula is C12H23NO. The zero-order chi connectivity index (χ0) is 9.80. The molecule has 0 amide bonds. The third-order valence-electron chi connectivity index (χ3n) is 4.06. The van der Waals surface area contributed by atoms with Gasteiger partial charge in [-0.15, -0.1) is 0 Å². The number of ether oxygens (including phenoxy) is 1. The highest BCUT2D eigenvalue weighted by Crippen LogP contribution is 2.35. The van der Waals surface area contributed by atoms with Gasteiger partial charge in [0.1, 0.15) is 0 Å². The van der Waals surface area contributed by atoms with Gasteiger partial charge in [0, 0.05) is 19.3 Å². The van der Waals surface area contributed by atoms with Gasteiger partial charge in [0.25, 0.3) is 0 Å². The minimum absolute atomic E-state index is 0.789. The summed E-state index contributed by atoms with van der Waals surface area (Å²) in [5.74, 6) is 1.94. The van der Waals surface area contributed by atoms with E-state index in [-0.39, 0.29) is 0 Å². The van der Waals surface area contributed by atoms with Gasteiger partial charge in [0.05, 0.1) is 0 Å². The standard InChI is InChI=1S/C12H23NO/c1-13-12-4-2-3-11(9-12)10-5-7-14-8-6-10/h10-13H,2-9H2,1H3. The van der Waals surface area contributed by atoms with Crippen LogP contribution in [0, 0.1) is 11.8 Å². The van der Waals surface area contributed by atoms with Gasteiger partial charge in [0.15, 0.2) is 0 Å². The Balaban J connectivity index is 1.83. The Morgan fingerprint density at radius 2 is 1.79 bits per heavy atom. The molecule has 2 atom stereocenters. The van der Waals surface area contributed by atoms with Gasteiger partial charge in [-0.3, -0.25) is 0 Å².